The van der Waals surface area contributed by atoms with E-state index in [0.717, 1.165) is 18.7 Å². The SMILES string of the molecule is Cc1ccc(N)c2c1C(C)NCC2. The first-order valence-corrected chi connectivity index (χ1v) is 4.81. The minimum Gasteiger partial charge on any atom is -0.398 e. The predicted octanol–water partition coefficient (Wildman–Crippen LogP) is 1.78. The third kappa shape index (κ3) is 1.31. The van der Waals surface area contributed by atoms with Crippen molar-refractivity contribution in [2.45, 2.75) is 26.3 Å². The van der Waals surface area contributed by atoms with Crippen LogP contribution in [-0.2, 0) is 6.42 Å². The Morgan fingerprint density at radius 1 is 1.46 bits per heavy atom. The molecular formula is C11H16N2. The fraction of sp³-hybridized carbons (Fsp3) is 0.455. The van der Waals surface area contributed by atoms with Crippen molar-refractivity contribution in [3.63, 3.8) is 0 Å². The zero-order chi connectivity index (χ0) is 9.42. The van der Waals surface area contributed by atoms with Gasteiger partial charge in [0.2, 0.25) is 0 Å². The Morgan fingerprint density at radius 2 is 2.23 bits per heavy atom. The molecule has 2 heteroatoms. The Labute approximate surface area is 79.1 Å². The summed E-state index contributed by atoms with van der Waals surface area (Å²) in [4.78, 5) is 0. The van der Waals surface area contributed by atoms with Crippen molar-refractivity contribution in [1.82, 2.24) is 5.32 Å². The highest BCUT2D eigenvalue weighted by molar-refractivity contribution is 5.55. The molecule has 0 fully saturated rings. The normalized spacial score (nSPS) is 21.2. The average molecular weight is 176 g/mol. The fourth-order valence-electron chi connectivity index (χ4n) is 2.20. The van der Waals surface area contributed by atoms with Crippen LogP contribution in [0, 0.1) is 6.92 Å². The molecule has 0 saturated carbocycles. The van der Waals surface area contributed by atoms with Crippen LogP contribution in [0.3, 0.4) is 0 Å². The fourth-order valence-corrected chi connectivity index (χ4v) is 2.20. The van der Waals surface area contributed by atoms with Gasteiger partial charge in [0, 0.05) is 11.7 Å². The number of nitrogens with one attached hydrogen (secondary N) is 1. The maximum absolute atomic E-state index is 5.94. The smallest absolute Gasteiger partial charge is 0.0350 e. The van der Waals surface area contributed by atoms with Crippen LogP contribution in [0.25, 0.3) is 0 Å². The highest BCUT2D eigenvalue weighted by atomic mass is 14.9. The minimum atomic E-state index is 0.451. The number of rotatable bonds is 0. The van der Waals surface area contributed by atoms with Crippen molar-refractivity contribution >= 4 is 5.69 Å². The highest BCUT2D eigenvalue weighted by Crippen LogP contribution is 2.29. The third-order valence-electron chi connectivity index (χ3n) is 2.87. The van der Waals surface area contributed by atoms with Gasteiger partial charge in [-0.1, -0.05) is 6.07 Å². The first-order chi connectivity index (χ1) is 6.20. The Kier molecular flexibility index (Phi) is 2.00. The highest BCUT2D eigenvalue weighted by Gasteiger charge is 2.19. The Morgan fingerprint density at radius 3 is 2.92 bits per heavy atom. The quantitative estimate of drug-likeness (QED) is 0.591. The van der Waals surface area contributed by atoms with E-state index >= 15 is 0 Å². The van der Waals surface area contributed by atoms with E-state index in [1.807, 2.05) is 6.07 Å². The summed E-state index contributed by atoms with van der Waals surface area (Å²) < 4.78 is 0. The summed E-state index contributed by atoms with van der Waals surface area (Å²) in [5, 5.41) is 3.45. The molecule has 1 aromatic carbocycles. The van der Waals surface area contributed by atoms with Crippen LogP contribution in [-0.4, -0.2) is 6.54 Å². The second kappa shape index (κ2) is 3.04. The van der Waals surface area contributed by atoms with Gasteiger partial charge in [0.25, 0.3) is 0 Å². The number of hydrogen-bond acceptors (Lipinski definition) is 2. The lowest BCUT2D eigenvalue weighted by molar-refractivity contribution is 0.539. The molecule has 1 heterocycles. The van der Waals surface area contributed by atoms with E-state index in [2.05, 4.69) is 25.2 Å². The molecule has 0 spiro atoms. The molecule has 1 aliphatic rings. The van der Waals surface area contributed by atoms with Crippen LogP contribution in [0.15, 0.2) is 12.1 Å². The van der Waals surface area contributed by atoms with Crippen LogP contribution >= 0.6 is 0 Å². The summed E-state index contributed by atoms with van der Waals surface area (Å²) >= 11 is 0. The maximum atomic E-state index is 5.94. The Balaban J connectivity index is 2.60. The van der Waals surface area contributed by atoms with Crippen molar-refractivity contribution in [2.75, 3.05) is 12.3 Å². The Hall–Kier alpha value is -1.02. The molecule has 1 atom stereocenters. The Bertz CT molecular complexity index is 331. The largest absolute Gasteiger partial charge is 0.398 e. The number of nitrogens with two attached hydrogens (primary N) is 1. The molecular weight excluding hydrogens is 160 g/mol. The molecule has 13 heavy (non-hydrogen) atoms. The molecule has 0 aliphatic carbocycles. The van der Waals surface area contributed by atoms with Crippen molar-refractivity contribution in [2.24, 2.45) is 0 Å². The van der Waals surface area contributed by atoms with E-state index in [-0.39, 0.29) is 0 Å². The molecule has 0 radical (unpaired) electrons. The van der Waals surface area contributed by atoms with E-state index < -0.39 is 0 Å². The zero-order valence-electron chi connectivity index (χ0n) is 8.22. The molecule has 3 N–H and O–H groups in total. The second-order valence-electron chi connectivity index (χ2n) is 3.79. The lowest BCUT2D eigenvalue weighted by Crippen LogP contribution is -2.29. The summed E-state index contributed by atoms with van der Waals surface area (Å²) in [6, 6.07) is 4.58. The monoisotopic (exact) mass is 176 g/mol. The van der Waals surface area contributed by atoms with E-state index in [1.54, 1.807) is 0 Å². The van der Waals surface area contributed by atoms with Gasteiger partial charge in [0.05, 0.1) is 0 Å². The standard InChI is InChI=1S/C11H16N2/c1-7-3-4-10(12)9-5-6-13-8(2)11(7)9/h3-4,8,13H,5-6,12H2,1-2H3. The van der Waals surface area contributed by atoms with E-state index in [0.29, 0.717) is 6.04 Å². The van der Waals surface area contributed by atoms with Gasteiger partial charge in [-0.05, 0) is 49.6 Å². The van der Waals surface area contributed by atoms with Gasteiger partial charge in [0.1, 0.15) is 0 Å². The second-order valence-corrected chi connectivity index (χ2v) is 3.79. The predicted molar refractivity (Wildman–Crippen MR) is 55.7 cm³/mol. The molecule has 1 aromatic rings. The van der Waals surface area contributed by atoms with E-state index in [9.17, 15) is 0 Å². The molecule has 1 aliphatic heterocycles. The van der Waals surface area contributed by atoms with Gasteiger partial charge in [-0.2, -0.15) is 0 Å². The zero-order valence-corrected chi connectivity index (χ0v) is 8.22. The van der Waals surface area contributed by atoms with E-state index in [4.69, 9.17) is 5.73 Å². The van der Waals surface area contributed by atoms with Crippen LogP contribution in [0.2, 0.25) is 0 Å². The van der Waals surface area contributed by atoms with Crippen molar-refractivity contribution in [3.05, 3.63) is 28.8 Å². The van der Waals surface area contributed by atoms with Gasteiger partial charge >= 0.3 is 0 Å². The minimum absolute atomic E-state index is 0.451. The maximum Gasteiger partial charge on any atom is 0.0350 e. The van der Waals surface area contributed by atoms with Gasteiger partial charge in [-0.3, -0.25) is 0 Å². The topological polar surface area (TPSA) is 38.0 Å². The number of hydrogen-bond donors (Lipinski definition) is 2. The molecule has 70 valence electrons. The molecule has 1 unspecified atom stereocenters. The van der Waals surface area contributed by atoms with Crippen LogP contribution in [0.5, 0.6) is 0 Å². The summed E-state index contributed by atoms with van der Waals surface area (Å²) in [6.45, 7) is 5.40. The number of benzene rings is 1. The molecule has 2 rings (SSSR count). The molecule has 0 bridgehead atoms. The van der Waals surface area contributed by atoms with Gasteiger partial charge in [-0.15, -0.1) is 0 Å². The molecule has 2 nitrogen and oxygen atoms in total. The summed E-state index contributed by atoms with van der Waals surface area (Å²) in [5.41, 5.74) is 11.0. The summed E-state index contributed by atoms with van der Waals surface area (Å²) in [5.74, 6) is 0. The molecule has 0 aromatic heterocycles. The van der Waals surface area contributed by atoms with Crippen LogP contribution in [0.1, 0.15) is 29.7 Å². The average Bonchev–Trinajstić information content (AvgIpc) is 2.12. The van der Waals surface area contributed by atoms with Crippen molar-refractivity contribution in [3.8, 4) is 0 Å². The van der Waals surface area contributed by atoms with E-state index in [1.165, 1.54) is 16.7 Å². The lowest BCUT2D eigenvalue weighted by atomic mass is 9.90. The first-order valence-electron chi connectivity index (χ1n) is 4.81. The summed E-state index contributed by atoms with van der Waals surface area (Å²) in [6.07, 6.45) is 1.06. The molecule has 0 amide bonds. The lowest BCUT2D eigenvalue weighted by Gasteiger charge is -2.26. The third-order valence-corrected chi connectivity index (χ3v) is 2.87. The first kappa shape index (κ1) is 8.57. The number of aryl methyl sites for hydroxylation is 1. The van der Waals surface area contributed by atoms with Crippen LogP contribution < -0.4 is 11.1 Å². The summed E-state index contributed by atoms with van der Waals surface area (Å²) in [7, 11) is 0. The van der Waals surface area contributed by atoms with Gasteiger partial charge in [0.15, 0.2) is 0 Å². The van der Waals surface area contributed by atoms with Gasteiger partial charge < -0.3 is 11.1 Å². The van der Waals surface area contributed by atoms with Crippen LogP contribution in [0.4, 0.5) is 5.69 Å². The number of nitrogen functional groups attached to an aromatic ring is 1. The molecule has 0 saturated heterocycles. The number of anilines is 1. The van der Waals surface area contributed by atoms with Crippen molar-refractivity contribution in [1.29, 1.82) is 0 Å². The number of fused-ring (bicyclic) bond motifs is 1. The van der Waals surface area contributed by atoms with Gasteiger partial charge in [-0.25, -0.2) is 0 Å². The van der Waals surface area contributed by atoms with Crippen molar-refractivity contribution < 1.29 is 0 Å².